The highest BCUT2D eigenvalue weighted by atomic mass is 16.5. The second kappa shape index (κ2) is 8.07. The first-order chi connectivity index (χ1) is 14.0. The SMILES string of the molecule is Cc1nc2cc(C(=O)OCC(=O)N3CCCC[C@H]3C)ccc2n1-c1ccccc1. The molecule has 0 saturated carbocycles. The van der Waals surface area contributed by atoms with Gasteiger partial charge in [-0.25, -0.2) is 9.78 Å². The lowest BCUT2D eigenvalue weighted by molar-refractivity contribution is -0.137. The summed E-state index contributed by atoms with van der Waals surface area (Å²) in [6, 6.07) is 15.5. The van der Waals surface area contributed by atoms with Gasteiger partial charge in [-0.1, -0.05) is 18.2 Å². The van der Waals surface area contributed by atoms with Gasteiger partial charge in [-0.2, -0.15) is 0 Å². The number of amides is 1. The molecule has 2 heterocycles. The molecule has 6 heteroatoms. The van der Waals surface area contributed by atoms with E-state index in [1.165, 1.54) is 0 Å². The molecule has 1 aliphatic heterocycles. The topological polar surface area (TPSA) is 64.4 Å². The van der Waals surface area contributed by atoms with Gasteiger partial charge in [-0.15, -0.1) is 0 Å². The van der Waals surface area contributed by atoms with Gasteiger partial charge in [-0.05, 0) is 63.4 Å². The van der Waals surface area contributed by atoms with Crippen LogP contribution in [0.1, 0.15) is 42.4 Å². The number of rotatable bonds is 4. The highest BCUT2D eigenvalue weighted by Crippen LogP contribution is 2.23. The van der Waals surface area contributed by atoms with Crippen molar-refractivity contribution in [1.29, 1.82) is 0 Å². The molecule has 29 heavy (non-hydrogen) atoms. The molecule has 0 bridgehead atoms. The van der Waals surface area contributed by atoms with Crippen molar-refractivity contribution < 1.29 is 14.3 Å². The number of hydrogen-bond acceptors (Lipinski definition) is 4. The summed E-state index contributed by atoms with van der Waals surface area (Å²) in [4.78, 5) is 31.3. The molecule has 0 unspecified atom stereocenters. The molecule has 1 aromatic heterocycles. The van der Waals surface area contributed by atoms with Gasteiger partial charge in [0.15, 0.2) is 6.61 Å². The molecule has 1 aliphatic rings. The molecular formula is C23H25N3O3. The molecule has 1 saturated heterocycles. The van der Waals surface area contributed by atoms with E-state index in [9.17, 15) is 9.59 Å². The van der Waals surface area contributed by atoms with Gasteiger partial charge in [0.2, 0.25) is 0 Å². The molecular weight excluding hydrogens is 366 g/mol. The third-order valence-electron chi connectivity index (χ3n) is 5.52. The maximum atomic E-state index is 12.5. The van der Waals surface area contributed by atoms with E-state index in [0.717, 1.165) is 48.4 Å². The maximum Gasteiger partial charge on any atom is 0.338 e. The van der Waals surface area contributed by atoms with E-state index in [0.29, 0.717) is 5.56 Å². The normalized spacial score (nSPS) is 16.8. The van der Waals surface area contributed by atoms with Crippen LogP contribution in [0.5, 0.6) is 0 Å². The van der Waals surface area contributed by atoms with Crippen molar-refractivity contribution in [2.45, 2.75) is 39.2 Å². The van der Waals surface area contributed by atoms with Gasteiger partial charge in [0.1, 0.15) is 5.82 Å². The number of imidazole rings is 1. The molecule has 1 atom stereocenters. The fourth-order valence-electron chi connectivity index (χ4n) is 3.99. The minimum absolute atomic E-state index is 0.129. The summed E-state index contributed by atoms with van der Waals surface area (Å²) in [6.07, 6.45) is 3.14. The number of piperidine rings is 1. The number of ether oxygens (including phenoxy) is 1. The van der Waals surface area contributed by atoms with Gasteiger partial charge >= 0.3 is 5.97 Å². The van der Waals surface area contributed by atoms with Crippen LogP contribution in [0, 0.1) is 6.92 Å². The van der Waals surface area contributed by atoms with Crippen molar-refractivity contribution in [1.82, 2.24) is 14.5 Å². The number of nitrogens with zero attached hydrogens (tertiary/aromatic N) is 3. The van der Waals surface area contributed by atoms with E-state index in [-0.39, 0.29) is 18.6 Å². The van der Waals surface area contributed by atoms with E-state index < -0.39 is 5.97 Å². The summed E-state index contributed by atoms with van der Waals surface area (Å²) >= 11 is 0. The first-order valence-corrected chi connectivity index (χ1v) is 10.1. The fourth-order valence-corrected chi connectivity index (χ4v) is 3.99. The van der Waals surface area contributed by atoms with Gasteiger partial charge in [0.25, 0.3) is 5.91 Å². The number of aryl methyl sites for hydroxylation is 1. The van der Waals surface area contributed by atoms with Crippen LogP contribution in [0.15, 0.2) is 48.5 Å². The molecule has 4 rings (SSSR count). The number of likely N-dealkylation sites (tertiary alicyclic amines) is 1. The van der Waals surface area contributed by atoms with Crippen LogP contribution in [0.2, 0.25) is 0 Å². The average molecular weight is 391 g/mol. The highest BCUT2D eigenvalue weighted by molar-refractivity contribution is 5.95. The monoisotopic (exact) mass is 391 g/mol. The predicted molar refractivity (Wildman–Crippen MR) is 111 cm³/mol. The first-order valence-electron chi connectivity index (χ1n) is 10.1. The Balaban J connectivity index is 1.49. The van der Waals surface area contributed by atoms with Crippen molar-refractivity contribution in [3.63, 3.8) is 0 Å². The summed E-state index contributed by atoms with van der Waals surface area (Å²) in [7, 11) is 0. The van der Waals surface area contributed by atoms with Crippen LogP contribution in [0.25, 0.3) is 16.7 Å². The van der Waals surface area contributed by atoms with Crippen molar-refractivity contribution in [3.05, 3.63) is 59.9 Å². The molecule has 3 aromatic rings. The van der Waals surface area contributed by atoms with Crippen LogP contribution in [-0.2, 0) is 9.53 Å². The zero-order chi connectivity index (χ0) is 20.4. The number of benzene rings is 2. The largest absolute Gasteiger partial charge is 0.452 e. The Morgan fingerprint density at radius 2 is 1.93 bits per heavy atom. The second-order valence-electron chi connectivity index (χ2n) is 7.54. The van der Waals surface area contributed by atoms with Gasteiger partial charge < -0.3 is 9.64 Å². The summed E-state index contributed by atoms with van der Waals surface area (Å²) < 4.78 is 7.34. The third kappa shape index (κ3) is 3.88. The minimum Gasteiger partial charge on any atom is -0.452 e. The number of carbonyl (C=O) groups excluding carboxylic acids is 2. The molecule has 0 N–H and O–H groups in total. The molecule has 1 amide bonds. The van der Waals surface area contributed by atoms with Crippen LogP contribution >= 0.6 is 0 Å². The lowest BCUT2D eigenvalue weighted by Crippen LogP contribution is -2.44. The Morgan fingerprint density at radius 1 is 1.14 bits per heavy atom. The third-order valence-corrected chi connectivity index (χ3v) is 5.52. The zero-order valence-electron chi connectivity index (χ0n) is 16.8. The van der Waals surface area contributed by atoms with Crippen molar-refractivity contribution in [2.75, 3.05) is 13.2 Å². The Hall–Kier alpha value is -3.15. The number of aromatic nitrogens is 2. The highest BCUT2D eigenvalue weighted by Gasteiger charge is 2.24. The summed E-state index contributed by atoms with van der Waals surface area (Å²) in [6.45, 7) is 4.49. The zero-order valence-corrected chi connectivity index (χ0v) is 16.8. The molecule has 150 valence electrons. The Bertz CT molecular complexity index is 1040. The quantitative estimate of drug-likeness (QED) is 0.633. The maximum absolute atomic E-state index is 12.5. The van der Waals surface area contributed by atoms with Gasteiger partial charge in [-0.3, -0.25) is 9.36 Å². The molecule has 2 aromatic carbocycles. The summed E-state index contributed by atoms with van der Waals surface area (Å²) in [5.41, 5.74) is 3.05. The molecule has 6 nitrogen and oxygen atoms in total. The van der Waals surface area contributed by atoms with Crippen LogP contribution in [0.3, 0.4) is 0 Å². The van der Waals surface area contributed by atoms with E-state index >= 15 is 0 Å². The van der Waals surface area contributed by atoms with Crippen LogP contribution < -0.4 is 0 Å². The van der Waals surface area contributed by atoms with Gasteiger partial charge in [0, 0.05) is 18.3 Å². The number of carbonyl (C=O) groups is 2. The fraction of sp³-hybridized carbons (Fsp3) is 0.348. The lowest BCUT2D eigenvalue weighted by Gasteiger charge is -2.33. The Kier molecular flexibility index (Phi) is 5.34. The van der Waals surface area contributed by atoms with E-state index in [4.69, 9.17) is 4.74 Å². The van der Waals surface area contributed by atoms with Crippen molar-refractivity contribution >= 4 is 22.9 Å². The molecule has 0 aliphatic carbocycles. The summed E-state index contributed by atoms with van der Waals surface area (Å²) in [5.74, 6) is 0.207. The molecule has 0 radical (unpaired) electrons. The van der Waals surface area contributed by atoms with E-state index in [1.54, 1.807) is 12.1 Å². The van der Waals surface area contributed by atoms with Gasteiger partial charge in [0.05, 0.1) is 16.6 Å². The smallest absolute Gasteiger partial charge is 0.338 e. The van der Waals surface area contributed by atoms with E-state index in [1.807, 2.05) is 59.7 Å². The minimum atomic E-state index is -0.503. The average Bonchev–Trinajstić information content (AvgIpc) is 3.07. The Morgan fingerprint density at radius 3 is 2.69 bits per heavy atom. The standard InChI is InChI=1S/C23H25N3O3/c1-16-8-6-7-13-25(16)22(27)15-29-23(28)18-11-12-21-20(14-18)24-17(2)26(21)19-9-4-3-5-10-19/h3-5,9-12,14,16H,6-8,13,15H2,1-2H3/t16-/m1/s1. The first kappa shape index (κ1) is 19.2. The predicted octanol–water partition coefficient (Wildman–Crippen LogP) is 3.89. The second-order valence-corrected chi connectivity index (χ2v) is 7.54. The number of fused-ring (bicyclic) bond motifs is 1. The number of para-hydroxylation sites is 1. The lowest BCUT2D eigenvalue weighted by atomic mass is 10.0. The van der Waals surface area contributed by atoms with Crippen molar-refractivity contribution in [3.8, 4) is 5.69 Å². The number of hydrogen-bond donors (Lipinski definition) is 0. The number of esters is 1. The molecule has 0 spiro atoms. The Labute approximate surface area is 170 Å². The van der Waals surface area contributed by atoms with Crippen LogP contribution in [0.4, 0.5) is 0 Å². The summed E-state index contributed by atoms with van der Waals surface area (Å²) in [5, 5.41) is 0. The van der Waals surface area contributed by atoms with E-state index in [2.05, 4.69) is 4.98 Å². The van der Waals surface area contributed by atoms with Crippen molar-refractivity contribution in [2.24, 2.45) is 0 Å². The molecule has 1 fully saturated rings. The van der Waals surface area contributed by atoms with Crippen LogP contribution in [-0.4, -0.2) is 45.5 Å².